The Morgan fingerprint density at radius 1 is 0.619 bits per heavy atom. The van der Waals surface area contributed by atoms with Gasteiger partial charge in [-0.3, -0.25) is 0 Å². The van der Waals surface area contributed by atoms with Crippen LogP contribution in [-0.4, -0.2) is 37.0 Å². The Hall–Kier alpha value is 0.968. The molecule has 0 fully saturated rings. The number of nitriles is 2. The molecule has 0 bridgehead atoms. The van der Waals surface area contributed by atoms with Gasteiger partial charge in [-0.25, -0.2) is 10.5 Å². The van der Waals surface area contributed by atoms with Crippen LogP contribution in [0, 0.1) is 21.3 Å². The molecule has 0 N–H and O–H groups in total. The molecule has 0 heterocycles. The van der Waals surface area contributed by atoms with Crippen LogP contribution in [0.15, 0.2) is 0 Å². The Bertz CT molecular complexity index is 191. The molecule has 0 aliphatic heterocycles. The Morgan fingerprint density at radius 3 is 0.714 bits per heavy atom. The molecule has 0 unspecified atom stereocenters. The predicted molar refractivity (Wildman–Crippen MR) is 106 cm³/mol. The molecule has 128 valence electrons. The summed E-state index contributed by atoms with van der Waals surface area (Å²) < 4.78 is 0. The van der Waals surface area contributed by atoms with Crippen LogP contribution < -0.4 is 0 Å². The number of hydrogen-bond donors (Lipinski definition) is 0. The summed E-state index contributed by atoms with van der Waals surface area (Å²) in [4.78, 5) is 0. The van der Waals surface area contributed by atoms with Gasteiger partial charge >= 0.3 is 21.1 Å². The third kappa shape index (κ3) is 44.9. The zero-order valence-electron chi connectivity index (χ0n) is 14.3. The van der Waals surface area contributed by atoms with Gasteiger partial charge in [0, 0.05) is 0 Å². The molecule has 7 heteroatoms. The fourth-order valence-electron chi connectivity index (χ4n) is 1.50. The van der Waals surface area contributed by atoms with E-state index in [2.05, 4.69) is 66.8 Å². The van der Waals surface area contributed by atoms with Crippen molar-refractivity contribution in [2.75, 3.05) is 37.0 Å². The van der Waals surface area contributed by atoms with Crippen LogP contribution in [0.2, 0.25) is 0 Å². The summed E-state index contributed by atoms with van der Waals surface area (Å²) in [5.41, 5.74) is 0. The molecule has 0 spiro atoms. The van der Waals surface area contributed by atoms with E-state index >= 15 is 0 Å². The molecule has 21 heavy (non-hydrogen) atoms. The van der Waals surface area contributed by atoms with E-state index in [1.165, 1.54) is 47.8 Å². The van der Waals surface area contributed by atoms with Crippen molar-refractivity contribution < 1.29 is 21.1 Å². The molecule has 2 nitrogen and oxygen atoms in total. The Kier molecular flexibility index (Phi) is 59.6. The normalized spacial score (nSPS) is 7.52. The minimum atomic E-state index is 0. The van der Waals surface area contributed by atoms with Crippen LogP contribution in [0.1, 0.15) is 41.5 Å². The first-order valence-electron chi connectivity index (χ1n) is 7.22. The van der Waals surface area contributed by atoms with E-state index in [1.54, 1.807) is 0 Å². The maximum absolute atomic E-state index is 7.13. The van der Waals surface area contributed by atoms with E-state index in [-0.39, 0.29) is 36.9 Å². The van der Waals surface area contributed by atoms with Gasteiger partial charge in [-0.15, -0.1) is 0 Å². The first-order chi connectivity index (χ1) is 9.52. The van der Waals surface area contributed by atoms with Crippen molar-refractivity contribution in [1.82, 2.24) is 0 Å². The summed E-state index contributed by atoms with van der Waals surface area (Å²) >= 11 is 7.40. The summed E-state index contributed by atoms with van der Waals surface area (Å²) in [5.74, 6) is 0. The summed E-state index contributed by atoms with van der Waals surface area (Å²) in [6.45, 7) is 13.8. The minimum Gasteiger partial charge on any atom is -0.696 e. The zero-order chi connectivity index (χ0) is 16.8. The molecular formula is C14H32N2P2PtS2+2. The van der Waals surface area contributed by atoms with Crippen LogP contribution in [0.25, 0.3) is 0 Å². The number of thiocyanates is 2. The summed E-state index contributed by atoms with van der Waals surface area (Å²) in [7, 11) is 0.275. The average Bonchev–Trinajstić information content (AvgIpc) is 2.45. The van der Waals surface area contributed by atoms with E-state index in [4.69, 9.17) is 10.5 Å². The fourth-order valence-corrected chi connectivity index (χ4v) is 4.50. The largest absolute Gasteiger partial charge is 2.00 e. The monoisotopic (exact) mass is 549 g/mol. The Labute approximate surface area is 161 Å². The molecule has 0 aromatic heterocycles. The topological polar surface area (TPSA) is 47.6 Å². The Morgan fingerprint density at radius 2 is 0.714 bits per heavy atom. The second-order valence-corrected chi connectivity index (χ2v) is 11.4. The Balaban J connectivity index is -0.0000000576. The molecule has 0 amide bonds. The average molecular weight is 550 g/mol. The molecule has 0 aromatic carbocycles. The van der Waals surface area contributed by atoms with Gasteiger partial charge in [0.2, 0.25) is 0 Å². The van der Waals surface area contributed by atoms with E-state index < -0.39 is 0 Å². The van der Waals surface area contributed by atoms with E-state index in [1.807, 2.05) is 0 Å². The second kappa shape index (κ2) is 37.3. The van der Waals surface area contributed by atoms with Crippen molar-refractivity contribution in [2.24, 2.45) is 0 Å². The fraction of sp³-hybridized carbons (Fsp3) is 0.857. The van der Waals surface area contributed by atoms with Crippen molar-refractivity contribution in [3.63, 3.8) is 0 Å². The predicted octanol–water partition coefficient (Wildman–Crippen LogP) is 4.55. The van der Waals surface area contributed by atoms with Crippen molar-refractivity contribution in [1.29, 1.82) is 10.5 Å². The molecule has 0 saturated heterocycles. The first-order valence-corrected chi connectivity index (χ1v) is 12.3. The van der Waals surface area contributed by atoms with Gasteiger partial charge in [-0.2, -0.15) is 0 Å². The van der Waals surface area contributed by atoms with Gasteiger partial charge < -0.3 is 25.3 Å². The minimum absolute atomic E-state index is 0. The van der Waals surface area contributed by atoms with Crippen LogP contribution in [0.3, 0.4) is 0 Å². The number of nitrogens with zero attached hydrogens (tertiary/aromatic N) is 2. The number of hydrogen-bond acceptors (Lipinski definition) is 4. The van der Waals surface area contributed by atoms with Gasteiger partial charge in [0.1, 0.15) is 0 Å². The van der Waals surface area contributed by atoms with E-state index in [0.717, 1.165) is 0 Å². The smallest absolute Gasteiger partial charge is 0.696 e. The SMILES string of the molecule is CC[PH+](CC)CC.CC[PH+](CC)CC.N#C[S-].N#C[S-].[Pt+2]. The van der Waals surface area contributed by atoms with Crippen LogP contribution in [0.5, 0.6) is 0 Å². The standard InChI is InChI=1S/2C6H15P.2CHNS.Pt/c2*1-4-7(5-2)6-3;2*2-1-3;/h2*4-6H2,1-3H3;2*3H;/q;;;;+2. The van der Waals surface area contributed by atoms with E-state index in [0.29, 0.717) is 0 Å². The molecule has 0 aliphatic rings. The van der Waals surface area contributed by atoms with Crippen molar-refractivity contribution >= 4 is 41.1 Å². The molecule has 0 rings (SSSR count). The van der Waals surface area contributed by atoms with Crippen LogP contribution >= 0.6 is 15.8 Å². The quantitative estimate of drug-likeness (QED) is 0.277. The van der Waals surface area contributed by atoms with Crippen molar-refractivity contribution in [2.45, 2.75) is 41.5 Å². The zero-order valence-corrected chi connectivity index (χ0v) is 20.2. The molecular weight excluding hydrogens is 517 g/mol. The summed E-state index contributed by atoms with van der Waals surface area (Å²) in [5, 5.41) is 16.9. The molecule has 0 saturated carbocycles. The van der Waals surface area contributed by atoms with Crippen LogP contribution in [0.4, 0.5) is 0 Å². The third-order valence-corrected chi connectivity index (χ3v) is 9.00. The molecule has 0 aliphatic carbocycles. The van der Waals surface area contributed by atoms with Gasteiger partial charge in [0.25, 0.3) is 0 Å². The number of rotatable bonds is 6. The summed E-state index contributed by atoms with van der Waals surface area (Å²) in [6.07, 6.45) is 8.74. The molecule has 0 radical (unpaired) electrons. The van der Waals surface area contributed by atoms with Crippen molar-refractivity contribution in [3.05, 3.63) is 0 Å². The molecule has 0 aromatic rings. The van der Waals surface area contributed by atoms with Crippen LogP contribution in [-0.2, 0) is 46.3 Å². The first kappa shape index (κ1) is 33.5. The van der Waals surface area contributed by atoms with Gasteiger partial charge in [0.05, 0.1) is 37.0 Å². The second-order valence-electron chi connectivity index (χ2n) is 3.80. The van der Waals surface area contributed by atoms with Gasteiger partial charge in [0.15, 0.2) is 0 Å². The summed E-state index contributed by atoms with van der Waals surface area (Å²) in [6, 6.07) is 0. The van der Waals surface area contributed by atoms with Crippen molar-refractivity contribution in [3.8, 4) is 10.8 Å². The maximum atomic E-state index is 7.13. The van der Waals surface area contributed by atoms with Gasteiger partial charge in [-0.1, -0.05) is 10.8 Å². The van der Waals surface area contributed by atoms with Gasteiger partial charge in [-0.05, 0) is 57.4 Å². The molecule has 0 atom stereocenters. The maximum Gasteiger partial charge on any atom is 2.00 e. The third-order valence-electron chi connectivity index (χ3n) is 3.00. The van der Waals surface area contributed by atoms with E-state index in [9.17, 15) is 0 Å².